The Morgan fingerprint density at radius 1 is 1.14 bits per heavy atom. The predicted molar refractivity (Wildman–Crippen MR) is 103 cm³/mol. The lowest BCUT2D eigenvalue weighted by Crippen LogP contribution is -3.14. The zero-order chi connectivity index (χ0) is 20.6. The van der Waals surface area contributed by atoms with Crippen LogP contribution in [0.2, 0.25) is 0 Å². The molecule has 0 aliphatic carbocycles. The second kappa shape index (κ2) is 10.2. The molecule has 0 radical (unpaired) electrons. The molecule has 1 atom stereocenters. The molecule has 6 nitrogen and oxygen atoms in total. The number of carbonyl (C=O) groups is 1. The van der Waals surface area contributed by atoms with Gasteiger partial charge in [-0.1, -0.05) is 30.3 Å². The Morgan fingerprint density at radius 2 is 1.86 bits per heavy atom. The van der Waals surface area contributed by atoms with Gasteiger partial charge in [-0.3, -0.25) is 4.79 Å². The summed E-state index contributed by atoms with van der Waals surface area (Å²) in [5.74, 6) is -0.349. The zero-order valence-electron chi connectivity index (χ0n) is 16.2. The molecule has 3 rings (SSSR count). The number of nitrogens with one attached hydrogen (secondary N) is 2. The van der Waals surface area contributed by atoms with E-state index in [1.165, 1.54) is 30.2 Å². The molecule has 1 saturated heterocycles. The first-order valence-corrected chi connectivity index (χ1v) is 9.47. The highest BCUT2D eigenvalue weighted by molar-refractivity contribution is 5.95. The second-order valence-corrected chi connectivity index (χ2v) is 6.75. The third-order valence-electron chi connectivity index (χ3n) is 4.84. The second-order valence-electron chi connectivity index (χ2n) is 6.75. The minimum absolute atomic E-state index is 0.0769. The van der Waals surface area contributed by atoms with Gasteiger partial charge in [-0.2, -0.15) is 8.78 Å². The summed E-state index contributed by atoms with van der Waals surface area (Å²) in [5, 5.41) is 3.06. The number of quaternary nitrogens is 1. The Hall–Kier alpha value is -2.71. The molecular formula is C21H25F2N2O4+. The largest absolute Gasteiger partial charge is 0.493 e. The predicted octanol–water partition coefficient (Wildman–Crippen LogP) is 1.68. The normalized spacial score (nSPS) is 15.7. The van der Waals surface area contributed by atoms with Crippen LogP contribution < -0.4 is 19.7 Å². The average Bonchev–Trinajstić information content (AvgIpc) is 2.74. The summed E-state index contributed by atoms with van der Waals surface area (Å²) in [5.41, 5.74) is 1.31. The summed E-state index contributed by atoms with van der Waals surface area (Å²) in [4.78, 5) is 14.2. The Morgan fingerprint density at radius 3 is 2.52 bits per heavy atom. The molecule has 29 heavy (non-hydrogen) atoms. The lowest BCUT2D eigenvalue weighted by atomic mass is 10.0. The van der Waals surface area contributed by atoms with Crippen molar-refractivity contribution in [3.8, 4) is 11.5 Å². The summed E-state index contributed by atoms with van der Waals surface area (Å²) in [6, 6.07) is 13.7. The van der Waals surface area contributed by atoms with Crippen LogP contribution in [-0.2, 0) is 4.74 Å². The van der Waals surface area contributed by atoms with E-state index in [4.69, 9.17) is 9.47 Å². The van der Waals surface area contributed by atoms with Gasteiger partial charge in [0.1, 0.15) is 25.7 Å². The van der Waals surface area contributed by atoms with E-state index in [-0.39, 0.29) is 23.4 Å². The first kappa shape index (κ1) is 21.0. The maximum Gasteiger partial charge on any atom is 0.387 e. The summed E-state index contributed by atoms with van der Waals surface area (Å²) < 4.78 is 39.9. The van der Waals surface area contributed by atoms with Crippen molar-refractivity contribution in [3.05, 3.63) is 59.7 Å². The van der Waals surface area contributed by atoms with Gasteiger partial charge in [-0.05, 0) is 23.8 Å². The number of hydrogen-bond acceptors (Lipinski definition) is 4. The van der Waals surface area contributed by atoms with Crippen molar-refractivity contribution in [3.63, 3.8) is 0 Å². The highest BCUT2D eigenvalue weighted by atomic mass is 19.3. The Kier molecular flexibility index (Phi) is 7.37. The Balaban J connectivity index is 1.76. The fourth-order valence-corrected chi connectivity index (χ4v) is 3.33. The van der Waals surface area contributed by atoms with Crippen LogP contribution in [-0.4, -0.2) is 52.5 Å². The van der Waals surface area contributed by atoms with E-state index < -0.39 is 6.61 Å². The van der Waals surface area contributed by atoms with Gasteiger partial charge in [-0.25, -0.2) is 0 Å². The van der Waals surface area contributed by atoms with Crippen LogP contribution in [0.5, 0.6) is 11.5 Å². The standard InChI is InChI=1S/C21H24F2N2O4/c1-27-19-13-16(7-8-18(19)29-21(22)23)20(26)24-17(15-5-3-2-4-6-15)14-25-9-11-28-12-10-25/h2-8,13,17,21H,9-12,14H2,1H3,(H,24,26)/p+1/t17-/m1/s1. The number of ether oxygens (including phenoxy) is 3. The molecule has 156 valence electrons. The zero-order valence-corrected chi connectivity index (χ0v) is 16.2. The quantitative estimate of drug-likeness (QED) is 0.699. The van der Waals surface area contributed by atoms with Crippen LogP contribution in [0.1, 0.15) is 22.0 Å². The summed E-state index contributed by atoms with van der Waals surface area (Å²) in [6.07, 6.45) is 0. The van der Waals surface area contributed by atoms with Crippen molar-refractivity contribution in [2.75, 3.05) is 40.0 Å². The van der Waals surface area contributed by atoms with Gasteiger partial charge >= 0.3 is 6.61 Å². The van der Waals surface area contributed by atoms with Crippen LogP contribution in [0.3, 0.4) is 0 Å². The molecule has 2 aromatic rings. The highest BCUT2D eigenvalue weighted by Crippen LogP contribution is 2.29. The smallest absolute Gasteiger partial charge is 0.387 e. The average molecular weight is 407 g/mol. The van der Waals surface area contributed by atoms with Gasteiger partial charge in [-0.15, -0.1) is 0 Å². The maximum atomic E-state index is 12.9. The Labute approximate surface area is 168 Å². The van der Waals surface area contributed by atoms with E-state index in [1.54, 1.807) is 0 Å². The van der Waals surface area contributed by atoms with Crippen LogP contribution in [0.15, 0.2) is 48.5 Å². The molecule has 1 aliphatic heterocycles. The molecule has 0 saturated carbocycles. The molecule has 0 aromatic heterocycles. The number of alkyl halides is 2. The number of hydrogen-bond donors (Lipinski definition) is 2. The fraction of sp³-hybridized carbons (Fsp3) is 0.381. The van der Waals surface area contributed by atoms with Crippen LogP contribution >= 0.6 is 0 Å². The third kappa shape index (κ3) is 5.88. The fourth-order valence-electron chi connectivity index (χ4n) is 3.33. The monoisotopic (exact) mass is 407 g/mol. The molecule has 2 N–H and O–H groups in total. The van der Waals surface area contributed by atoms with E-state index in [0.29, 0.717) is 18.8 Å². The third-order valence-corrected chi connectivity index (χ3v) is 4.84. The molecule has 1 amide bonds. The van der Waals surface area contributed by atoms with Crippen LogP contribution in [0, 0.1) is 0 Å². The number of rotatable bonds is 8. The molecule has 1 aliphatic rings. The van der Waals surface area contributed by atoms with Crippen LogP contribution in [0.4, 0.5) is 8.78 Å². The van der Waals surface area contributed by atoms with Crippen molar-refractivity contribution in [2.24, 2.45) is 0 Å². The molecule has 1 heterocycles. The van der Waals surface area contributed by atoms with Crippen molar-refractivity contribution in [1.82, 2.24) is 5.32 Å². The number of amides is 1. The van der Waals surface area contributed by atoms with Crippen molar-refractivity contribution < 1.29 is 32.7 Å². The van der Waals surface area contributed by atoms with Crippen LogP contribution in [0.25, 0.3) is 0 Å². The molecular weight excluding hydrogens is 382 g/mol. The summed E-state index contributed by atoms with van der Waals surface area (Å²) >= 11 is 0. The molecule has 1 fully saturated rings. The van der Waals surface area contributed by atoms with Gasteiger partial charge in [0, 0.05) is 5.56 Å². The molecule has 0 unspecified atom stereocenters. The first-order valence-electron chi connectivity index (χ1n) is 9.47. The minimum Gasteiger partial charge on any atom is -0.493 e. The van der Waals surface area contributed by atoms with E-state index in [9.17, 15) is 13.6 Å². The van der Waals surface area contributed by atoms with Gasteiger partial charge in [0.2, 0.25) is 0 Å². The van der Waals surface area contributed by atoms with Crippen molar-refractivity contribution >= 4 is 5.91 Å². The molecule has 8 heteroatoms. The van der Waals surface area contributed by atoms with Gasteiger partial charge in [0.05, 0.1) is 20.3 Å². The van der Waals surface area contributed by atoms with E-state index in [0.717, 1.165) is 25.2 Å². The lowest BCUT2D eigenvalue weighted by molar-refractivity contribution is -0.909. The molecule has 0 spiro atoms. The summed E-state index contributed by atoms with van der Waals surface area (Å²) in [7, 11) is 1.34. The van der Waals surface area contributed by atoms with E-state index in [1.807, 2.05) is 30.3 Å². The Bertz CT molecular complexity index is 799. The molecule has 0 bridgehead atoms. The number of carbonyl (C=O) groups excluding carboxylic acids is 1. The highest BCUT2D eigenvalue weighted by Gasteiger charge is 2.24. The number of methoxy groups -OCH3 is 1. The first-order chi connectivity index (χ1) is 14.1. The number of halogens is 2. The number of morpholine rings is 1. The SMILES string of the molecule is COc1cc(C(=O)N[C@H](C[NH+]2CCOCC2)c2ccccc2)ccc1OC(F)F. The van der Waals surface area contributed by atoms with E-state index >= 15 is 0 Å². The van der Waals surface area contributed by atoms with Gasteiger partial charge in [0.25, 0.3) is 5.91 Å². The van der Waals surface area contributed by atoms with Gasteiger partial charge < -0.3 is 24.4 Å². The lowest BCUT2D eigenvalue weighted by Gasteiger charge is -2.28. The van der Waals surface area contributed by atoms with Crippen molar-refractivity contribution in [2.45, 2.75) is 12.7 Å². The number of benzene rings is 2. The topological polar surface area (TPSA) is 61.2 Å². The van der Waals surface area contributed by atoms with Crippen molar-refractivity contribution in [1.29, 1.82) is 0 Å². The minimum atomic E-state index is -2.97. The van der Waals surface area contributed by atoms with Gasteiger partial charge in [0.15, 0.2) is 11.5 Å². The summed E-state index contributed by atoms with van der Waals surface area (Å²) in [6.45, 7) is 0.922. The molecule has 2 aromatic carbocycles. The van der Waals surface area contributed by atoms with E-state index in [2.05, 4.69) is 10.1 Å². The maximum absolute atomic E-state index is 12.9.